The maximum absolute atomic E-state index is 12.2. The number of nitrogens with one attached hydrogen (secondary N) is 2. The fourth-order valence-corrected chi connectivity index (χ4v) is 3.00. The zero-order valence-electron chi connectivity index (χ0n) is 14.6. The van der Waals surface area contributed by atoms with Crippen LogP contribution in [0.25, 0.3) is 0 Å². The highest BCUT2D eigenvalue weighted by molar-refractivity contribution is 5.81. The lowest BCUT2D eigenvalue weighted by Gasteiger charge is -2.37. The zero-order chi connectivity index (χ0) is 15.8. The van der Waals surface area contributed by atoms with Crippen LogP contribution in [0.15, 0.2) is 0 Å². The summed E-state index contributed by atoms with van der Waals surface area (Å²) in [7, 11) is 2.10. The van der Waals surface area contributed by atoms with Crippen molar-refractivity contribution >= 4 is 5.91 Å². The molecule has 4 nitrogen and oxygen atoms in total. The molecule has 4 heteroatoms. The quantitative estimate of drug-likeness (QED) is 0.723. The average molecular weight is 297 g/mol. The molecule has 2 atom stereocenters. The molecule has 0 saturated heterocycles. The van der Waals surface area contributed by atoms with Gasteiger partial charge in [-0.2, -0.15) is 0 Å². The highest BCUT2D eigenvalue weighted by atomic mass is 16.2. The van der Waals surface area contributed by atoms with Crippen LogP contribution in [0.4, 0.5) is 0 Å². The van der Waals surface area contributed by atoms with Gasteiger partial charge in [0.1, 0.15) is 0 Å². The Morgan fingerprint density at radius 2 is 1.81 bits per heavy atom. The molecular weight excluding hydrogens is 262 g/mol. The minimum atomic E-state index is -0.0378. The Morgan fingerprint density at radius 1 is 1.19 bits per heavy atom. The van der Waals surface area contributed by atoms with E-state index in [0.717, 1.165) is 13.0 Å². The van der Waals surface area contributed by atoms with Crippen LogP contribution >= 0.6 is 0 Å². The number of hydrogen-bond donors (Lipinski definition) is 2. The number of hydrogen-bond acceptors (Lipinski definition) is 3. The largest absolute Gasteiger partial charge is 0.352 e. The van der Waals surface area contributed by atoms with Gasteiger partial charge in [0, 0.05) is 18.1 Å². The smallest absolute Gasteiger partial charge is 0.237 e. The second-order valence-electron chi connectivity index (χ2n) is 6.62. The van der Waals surface area contributed by atoms with Crippen molar-refractivity contribution in [2.75, 3.05) is 13.6 Å². The number of nitrogens with zero attached hydrogens (tertiary/aromatic N) is 1. The van der Waals surface area contributed by atoms with E-state index in [1.165, 1.54) is 32.1 Å². The molecule has 124 valence electrons. The molecule has 2 N–H and O–H groups in total. The van der Waals surface area contributed by atoms with Crippen molar-refractivity contribution in [2.24, 2.45) is 0 Å². The molecule has 2 unspecified atom stereocenters. The molecule has 1 saturated carbocycles. The van der Waals surface area contributed by atoms with E-state index in [0.29, 0.717) is 12.1 Å². The standard InChI is InChI=1S/C17H35N3O/c1-6-12-18-15-8-10-16(11-9-15)20(5)14(4)17(21)19-13(3)7-2/h13-16,18H,6-12H2,1-5H3,(H,19,21). The summed E-state index contributed by atoms with van der Waals surface area (Å²) in [4.78, 5) is 14.5. The van der Waals surface area contributed by atoms with E-state index in [9.17, 15) is 4.79 Å². The van der Waals surface area contributed by atoms with Crippen molar-refractivity contribution in [1.82, 2.24) is 15.5 Å². The fourth-order valence-electron chi connectivity index (χ4n) is 3.00. The predicted molar refractivity (Wildman–Crippen MR) is 89.5 cm³/mol. The molecule has 1 fully saturated rings. The van der Waals surface area contributed by atoms with Gasteiger partial charge in [-0.25, -0.2) is 0 Å². The van der Waals surface area contributed by atoms with Crippen LogP contribution in [0.2, 0.25) is 0 Å². The second kappa shape index (κ2) is 9.42. The first-order chi connectivity index (χ1) is 9.99. The van der Waals surface area contributed by atoms with Crippen LogP contribution in [-0.2, 0) is 4.79 Å². The van der Waals surface area contributed by atoms with E-state index in [1.54, 1.807) is 0 Å². The van der Waals surface area contributed by atoms with E-state index >= 15 is 0 Å². The van der Waals surface area contributed by atoms with E-state index < -0.39 is 0 Å². The lowest BCUT2D eigenvalue weighted by molar-refractivity contribution is -0.127. The summed E-state index contributed by atoms with van der Waals surface area (Å²) in [6, 6.07) is 1.45. The van der Waals surface area contributed by atoms with Crippen LogP contribution in [0.3, 0.4) is 0 Å². The Balaban J connectivity index is 2.38. The van der Waals surface area contributed by atoms with Crippen LogP contribution in [0.5, 0.6) is 0 Å². The molecule has 0 heterocycles. The number of rotatable bonds is 8. The van der Waals surface area contributed by atoms with Crippen molar-refractivity contribution in [3.05, 3.63) is 0 Å². The van der Waals surface area contributed by atoms with Crippen molar-refractivity contribution in [2.45, 2.75) is 90.4 Å². The second-order valence-corrected chi connectivity index (χ2v) is 6.62. The molecule has 1 aliphatic rings. The summed E-state index contributed by atoms with van der Waals surface area (Å²) < 4.78 is 0. The summed E-state index contributed by atoms with van der Waals surface area (Å²) in [5.41, 5.74) is 0. The maximum Gasteiger partial charge on any atom is 0.237 e. The molecular formula is C17H35N3O. The van der Waals surface area contributed by atoms with Gasteiger partial charge in [0.2, 0.25) is 5.91 Å². The van der Waals surface area contributed by atoms with Crippen LogP contribution < -0.4 is 10.6 Å². The normalized spacial score (nSPS) is 25.6. The Kier molecular flexibility index (Phi) is 8.27. The molecule has 0 aromatic carbocycles. The summed E-state index contributed by atoms with van der Waals surface area (Å²) in [5.74, 6) is 0.165. The lowest BCUT2D eigenvalue weighted by Crippen LogP contribution is -2.51. The van der Waals surface area contributed by atoms with Crippen LogP contribution in [0.1, 0.15) is 66.2 Å². The highest BCUT2D eigenvalue weighted by Gasteiger charge is 2.29. The third kappa shape index (κ3) is 5.95. The maximum atomic E-state index is 12.2. The van der Waals surface area contributed by atoms with Crippen LogP contribution in [0, 0.1) is 0 Å². The molecule has 0 aromatic rings. The molecule has 0 aromatic heterocycles. The van der Waals surface area contributed by atoms with Crippen molar-refractivity contribution in [3.8, 4) is 0 Å². The molecule has 1 rings (SSSR count). The Morgan fingerprint density at radius 3 is 2.33 bits per heavy atom. The predicted octanol–water partition coefficient (Wildman–Crippen LogP) is 2.53. The van der Waals surface area contributed by atoms with E-state index in [1.807, 2.05) is 6.92 Å². The molecule has 1 amide bonds. The minimum Gasteiger partial charge on any atom is -0.352 e. The molecule has 0 aliphatic heterocycles. The SMILES string of the molecule is CCCNC1CCC(N(C)C(C)C(=O)NC(C)CC)CC1. The lowest BCUT2D eigenvalue weighted by atomic mass is 9.89. The fraction of sp³-hybridized carbons (Fsp3) is 0.941. The number of likely N-dealkylation sites (N-methyl/N-ethyl adjacent to an activating group) is 1. The van der Waals surface area contributed by atoms with Crippen molar-refractivity contribution < 1.29 is 4.79 Å². The first-order valence-electron chi connectivity index (χ1n) is 8.75. The summed E-state index contributed by atoms with van der Waals surface area (Å²) in [5, 5.41) is 6.71. The van der Waals surface area contributed by atoms with Gasteiger partial charge in [-0.15, -0.1) is 0 Å². The summed E-state index contributed by atoms with van der Waals surface area (Å²) >= 11 is 0. The molecule has 1 aliphatic carbocycles. The number of carbonyl (C=O) groups excluding carboxylic acids is 1. The Bertz CT molecular complexity index is 300. The van der Waals surface area contributed by atoms with Gasteiger partial charge in [0.25, 0.3) is 0 Å². The summed E-state index contributed by atoms with van der Waals surface area (Å²) in [6.07, 6.45) is 7.03. The van der Waals surface area contributed by atoms with Crippen molar-refractivity contribution in [3.63, 3.8) is 0 Å². The van der Waals surface area contributed by atoms with E-state index in [-0.39, 0.29) is 18.0 Å². The Hall–Kier alpha value is -0.610. The van der Waals surface area contributed by atoms with Crippen LogP contribution in [-0.4, -0.2) is 48.6 Å². The first kappa shape index (κ1) is 18.4. The van der Waals surface area contributed by atoms with Gasteiger partial charge < -0.3 is 10.6 Å². The third-order valence-corrected chi connectivity index (χ3v) is 4.95. The molecule has 0 bridgehead atoms. The van der Waals surface area contributed by atoms with Gasteiger partial charge in [-0.05, 0) is 66.0 Å². The van der Waals surface area contributed by atoms with Gasteiger partial charge in [-0.3, -0.25) is 9.69 Å². The third-order valence-electron chi connectivity index (χ3n) is 4.95. The van der Waals surface area contributed by atoms with Crippen molar-refractivity contribution in [1.29, 1.82) is 0 Å². The average Bonchev–Trinajstić information content (AvgIpc) is 2.51. The van der Waals surface area contributed by atoms with Gasteiger partial charge >= 0.3 is 0 Å². The van der Waals surface area contributed by atoms with Gasteiger partial charge in [0.15, 0.2) is 0 Å². The molecule has 21 heavy (non-hydrogen) atoms. The number of amides is 1. The molecule has 0 spiro atoms. The van der Waals surface area contributed by atoms with E-state index in [2.05, 4.69) is 43.4 Å². The summed E-state index contributed by atoms with van der Waals surface area (Å²) in [6.45, 7) is 9.53. The zero-order valence-corrected chi connectivity index (χ0v) is 14.6. The van der Waals surface area contributed by atoms with Gasteiger partial charge in [0.05, 0.1) is 6.04 Å². The number of carbonyl (C=O) groups is 1. The highest BCUT2D eigenvalue weighted by Crippen LogP contribution is 2.23. The monoisotopic (exact) mass is 297 g/mol. The molecule has 0 radical (unpaired) electrons. The topological polar surface area (TPSA) is 44.4 Å². The van der Waals surface area contributed by atoms with E-state index in [4.69, 9.17) is 0 Å². The minimum absolute atomic E-state index is 0.0378. The first-order valence-corrected chi connectivity index (χ1v) is 8.75. The van der Waals surface area contributed by atoms with Gasteiger partial charge in [-0.1, -0.05) is 13.8 Å². The Labute approximate surface area is 131 Å².